The van der Waals surface area contributed by atoms with Gasteiger partial charge in [-0.1, -0.05) is 24.3 Å². The number of methoxy groups -OCH3 is 1. The number of Topliss-reactive ketones (excluding diaryl/α,β-unsaturated/α-hetero) is 1. The summed E-state index contributed by atoms with van der Waals surface area (Å²) in [6.07, 6.45) is 0.517. The maximum atomic E-state index is 11.0. The Bertz CT molecular complexity index is 559. The summed E-state index contributed by atoms with van der Waals surface area (Å²) in [6, 6.07) is 16.3. The van der Waals surface area contributed by atoms with Crippen molar-refractivity contribution in [3.63, 3.8) is 0 Å². The molecule has 0 radical (unpaired) electrons. The molecule has 0 unspecified atom stereocenters. The third-order valence-corrected chi connectivity index (χ3v) is 4.02. The molecule has 0 spiro atoms. The van der Waals surface area contributed by atoms with Crippen LogP contribution < -0.4 is 4.74 Å². The standard InChI is InChI=1S/C17H18O2S/c1-13(18)11-14-5-9-17(10-6-14)20-12-15-3-7-16(19-2)8-4-15/h3-10H,11-12H2,1-2H3. The molecule has 2 rings (SSSR count). The Morgan fingerprint density at radius 3 is 2.15 bits per heavy atom. The van der Waals surface area contributed by atoms with Gasteiger partial charge in [-0.2, -0.15) is 0 Å². The molecule has 0 aliphatic rings. The van der Waals surface area contributed by atoms with Crippen LogP contribution in [0, 0.1) is 0 Å². The van der Waals surface area contributed by atoms with Crippen LogP contribution in [0.2, 0.25) is 0 Å². The lowest BCUT2D eigenvalue weighted by Gasteiger charge is -2.05. The van der Waals surface area contributed by atoms with Crippen molar-refractivity contribution in [2.75, 3.05) is 7.11 Å². The van der Waals surface area contributed by atoms with E-state index in [1.54, 1.807) is 25.8 Å². The van der Waals surface area contributed by atoms with Gasteiger partial charge < -0.3 is 4.74 Å². The summed E-state index contributed by atoms with van der Waals surface area (Å²) >= 11 is 1.79. The molecule has 0 N–H and O–H groups in total. The first kappa shape index (κ1) is 14.7. The highest BCUT2D eigenvalue weighted by Gasteiger charge is 2.00. The quantitative estimate of drug-likeness (QED) is 0.747. The molecular formula is C17H18O2S. The van der Waals surface area contributed by atoms with E-state index in [2.05, 4.69) is 24.3 Å². The highest BCUT2D eigenvalue weighted by atomic mass is 32.2. The van der Waals surface area contributed by atoms with E-state index in [1.807, 2.05) is 24.3 Å². The smallest absolute Gasteiger partial charge is 0.134 e. The van der Waals surface area contributed by atoms with Crippen LogP contribution in [0.4, 0.5) is 0 Å². The van der Waals surface area contributed by atoms with Gasteiger partial charge in [0.2, 0.25) is 0 Å². The molecule has 0 bridgehead atoms. The van der Waals surface area contributed by atoms with Crippen LogP contribution in [0.5, 0.6) is 5.75 Å². The molecule has 104 valence electrons. The monoisotopic (exact) mass is 286 g/mol. The highest BCUT2D eigenvalue weighted by molar-refractivity contribution is 7.98. The van der Waals surface area contributed by atoms with E-state index in [0.717, 1.165) is 17.1 Å². The molecule has 2 nitrogen and oxygen atoms in total. The van der Waals surface area contributed by atoms with Crippen molar-refractivity contribution >= 4 is 17.5 Å². The molecule has 0 heterocycles. The van der Waals surface area contributed by atoms with E-state index < -0.39 is 0 Å². The van der Waals surface area contributed by atoms with E-state index in [0.29, 0.717) is 6.42 Å². The summed E-state index contributed by atoms with van der Waals surface area (Å²) in [7, 11) is 1.67. The Morgan fingerprint density at radius 2 is 1.60 bits per heavy atom. The van der Waals surface area contributed by atoms with Crippen molar-refractivity contribution in [2.45, 2.75) is 24.0 Å². The van der Waals surface area contributed by atoms with Gasteiger partial charge in [-0.25, -0.2) is 0 Å². The summed E-state index contributed by atoms with van der Waals surface area (Å²) in [5.41, 5.74) is 2.34. The molecule has 20 heavy (non-hydrogen) atoms. The van der Waals surface area contributed by atoms with Crippen molar-refractivity contribution in [3.8, 4) is 5.75 Å². The van der Waals surface area contributed by atoms with Crippen molar-refractivity contribution in [1.29, 1.82) is 0 Å². The highest BCUT2D eigenvalue weighted by Crippen LogP contribution is 2.24. The fourth-order valence-corrected chi connectivity index (χ4v) is 2.73. The zero-order valence-corrected chi connectivity index (χ0v) is 12.6. The van der Waals surface area contributed by atoms with Crippen LogP contribution >= 0.6 is 11.8 Å². The number of hydrogen-bond donors (Lipinski definition) is 0. The Labute approximate surface area is 124 Å². The van der Waals surface area contributed by atoms with E-state index in [-0.39, 0.29) is 5.78 Å². The molecular weight excluding hydrogens is 268 g/mol. The fraction of sp³-hybridized carbons (Fsp3) is 0.235. The molecule has 0 aliphatic heterocycles. The topological polar surface area (TPSA) is 26.3 Å². The average Bonchev–Trinajstić information content (AvgIpc) is 2.46. The second-order valence-electron chi connectivity index (χ2n) is 4.66. The SMILES string of the molecule is COc1ccc(CSc2ccc(CC(C)=O)cc2)cc1. The van der Waals surface area contributed by atoms with E-state index in [4.69, 9.17) is 4.74 Å². The molecule has 0 aromatic heterocycles. The number of ether oxygens (including phenoxy) is 1. The Morgan fingerprint density at radius 1 is 1.00 bits per heavy atom. The van der Waals surface area contributed by atoms with Gasteiger partial charge in [0.05, 0.1) is 7.11 Å². The van der Waals surface area contributed by atoms with Crippen LogP contribution in [0.3, 0.4) is 0 Å². The second-order valence-corrected chi connectivity index (χ2v) is 5.71. The van der Waals surface area contributed by atoms with Gasteiger partial charge in [0, 0.05) is 17.1 Å². The zero-order chi connectivity index (χ0) is 14.4. The van der Waals surface area contributed by atoms with E-state index in [1.165, 1.54) is 10.5 Å². The zero-order valence-electron chi connectivity index (χ0n) is 11.8. The minimum atomic E-state index is 0.198. The largest absolute Gasteiger partial charge is 0.497 e. The number of benzene rings is 2. The van der Waals surface area contributed by atoms with Gasteiger partial charge in [0.15, 0.2) is 0 Å². The van der Waals surface area contributed by atoms with Gasteiger partial charge >= 0.3 is 0 Å². The first-order chi connectivity index (χ1) is 9.67. The molecule has 0 saturated heterocycles. The third-order valence-electron chi connectivity index (χ3n) is 2.94. The summed E-state index contributed by atoms with van der Waals surface area (Å²) in [4.78, 5) is 12.3. The van der Waals surface area contributed by atoms with Crippen LogP contribution in [-0.2, 0) is 17.0 Å². The minimum Gasteiger partial charge on any atom is -0.497 e. The van der Waals surface area contributed by atoms with Gasteiger partial charge in [0.25, 0.3) is 0 Å². The maximum Gasteiger partial charge on any atom is 0.134 e. The van der Waals surface area contributed by atoms with Crippen molar-refractivity contribution < 1.29 is 9.53 Å². The summed E-state index contributed by atoms with van der Waals surface area (Å²) in [6.45, 7) is 1.62. The second kappa shape index (κ2) is 7.15. The normalized spacial score (nSPS) is 10.3. The van der Waals surface area contributed by atoms with Crippen LogP contribution in [-0.4, -0.2) is 12.9 Å². The van der Waals surface area contributed by atoms with Crippen LogP contribution in [0.15, 0.2) is 53.4 Å². The molecule has 0 aliphatic carbocycles. The molecule has 0 fully saturated rings. The van der Waals surface area contributed by atoms with Gasteiger partial charge in [-0.05, 0) is 42.3 Å². The minimum absolute atomic E-state index is 0.198. The number of hydrogen-bond acceptors (Lipinski definition) is 3. The number of thioether (sulfide) groups is 1. The number of rotatable bonds is 6. The number of carbonyl (C=O) groups is 1. The molecule has 0 amide bonds. The van der Waals surface area contributed by atoms with Crippen molar-refractivity contribution in [1.82, 2.24) is 0 Å². The Balaban J connectivity index is 1.91. The lowest BCUT2D eigenvalue weighted by atomic mass is 10.1. The Hall–Kier alpha value is -1.74. The lowest BCUT2D eigenvalue weighted by molar-refractivity contribution is -0.116. The molecule has 2 aromatic carbocycles. The molecule has 2 aromatic rings. The van der Waals surface area contributed by atoms with Crippen LogP contribution in [0.1, 0.15) is 18.1 Å². The lowest BCUT2D eigenvalue weighted by Crippen LogP contribution is -1.95. The third kappa shape index (κ3) is 4.42. The number of carbonyl (C=O) groups excluding carboxylic acids is 1. The Kier molecular flexibility index (Phi) is 5.24. The van der Waals surface area contributed by atoms with Gasteiger partial charge in [-0.15, -0.1) is 11.8 Å². The van der Waals surface area contributed by atoms with E-state index in [9.17, 15) is 4.79 Å². The van der Waals surface area contributed by atoms with Crippen LogP contribution in [0.25, 0.3) is 0 Å². The average molecular weight is 286 g/mol. The van der Waals surface area contributed by atoms with Crippen molar-refractivity contribution in [3.05, 3.63) is 59.7 Å². The molecule has 3 heteroatoms. The maximum absolute atomic E-state index is 11.0. The molecule has 0 saturated carbocycles. The predicted molar refractivity (Wildman–Crippen MR) is 83.4 cm³/mol. The predicted octanol–water partition coefficient (Wildman–Crippen LogP) is 4.12. The number of ketones is 1. The first-order valence-corrected chi connectivity index (χ1v) is 7.50. The molecule has 0 atom stereocenters. The van der Waals surface area contributed by atoms with E-state index >= 15 is 0 Å². The van der Waals surface area contributed by atoms with Gasteiger partial charge in [0.1, 0.15) is 11.5 Å². The summed E-state index contributed by atoms with van der Waals surface area (Å²) < 4.78 is 5.14. The fourth-order valence-electron chi connectivity index (χ4n) is 1.88. The first-order valence-electron chi connectivity index (χ1n) is 6.51. The van der Waals surface area contributed by atoms with Crippen molar-refractivity contribution in [2.24, 2.45) is 0 Å². The summed E-state index contributed by atoms with van der Waals surface area (Å²) in [5.74, 6) is 2.01. The van der Waals surface area contributed by atoms with Gasteiger partial charge in [-0.3, -0.25) is 4.79 Å². The summed E-state index contributed by atoms with van der Waals surface area (Å²) in [5, 5.41) is 0.